The van der Waals surface area contributed by atoms with E-state index in [0.29, 0.717) is 56.5 Å². The fourth-order valence-electron chi connectivity index (χ4n) is 11.7. The van der Waals surface area contributed by atoms with Gasteiger partial charge in [-0.2, -0.15) is 11.8 Å². The van der Waals surface area contributed by atoms with Crippen molar-refractivity contribution in [3.8, 4) is 0 Å². The number of methoxy groups -OCH3 is 2. The summed E-state index contributed by atoms with van der Waals surface area (Å²) in [6, 6.07) is 14.8. The van der Waals surface area contributed by atoms with E-state index >= 15 is 0 Å². The maximum atomic E-state index is 14.8. The summed E-state index contributed by atoms with van der Waals surface area (Å²) in [5, 5.41) is 11.0. The number of ketones is 3. The number of nitrogens with zero attached hydrogens (tertiary/aromatic N) is 4. The van der Waals surface area contributed by atoms with Crippen LogP contribution in [0.1, 0.15) is 149 Å². The number of unbranched alkanes of at least 4 members (excludes halogenated alkanes) is 2. The molecule has 2 aliphatic heterocycles. The molecule has 0 radical (unpaired) electrons. The first-order valence-electron chi connectivity index (χ1n) is 28.7. The predicted octanol–water partition coefficient (Wildman–Crippen LogP) is 9.17. The number of thioether (sulfide) groups is 1. The Morgan fingerprint density at radius 3 is 2.04 bits per heavy atom. The van der Waals surface area contributed by atoms with Crippen LogP contribution in [-0.2, 0) is 60.8 Å². The number of imide groups is 1. The lowest BCUT2D eigenvalue weighted by Crippen LogP contribution is -2.54. The predicted molar refractivity (Wildman–Crippen MR) is 308 cm³/mol. The highest BCUT2D eigenvalue weighted by Gasteiger charge is 2.44. The molecule has 1 N–H and O–H groups in total. The largest absolute Gasteiger partial charge is 0.445 e. The number of carbonyl (C=O) groups is 8. The third-order valence-electron chi connectivity index (χ3n) is 16.6. The van der Waals surface area contributed by atoms with Crippen LogP contribution in [0.5, 0.6) is 0 Å². The Kier molecular flexibility index (Phi) is 27.3. The van der Waals surface area contributed by atoms with Gasteiger partial charge < -0.3 is 34.0 Å². The Hall–Kier alpha value is -4.97. The van der Waals surface area contributed by atoms with Crippen molar-refractivity contribution in [2.75, 3.05) is 53.4 Å². The standard InChI is InChI=1S/C62H94N4O12S/c1-14-41(6)57(53(76-11)36-55(71)65-31-21-25-50(65)59(77-12)43(8)51(68)32-42(7)58(72)46-22-17-15-18-23-46)63(9)61(74)49(39(2)3)35-52(69)56(40(4)5)64(10)62(75)78-37-45-28-26-44(27-29-45)33-48(67)24-19-16-20-30-66-54(70)34-47(38-79-13)60(66)73/h15,17-18,22-23,26-29,39-43,47,49-50,53,56-59,72H,14,16,19-21,24-25,30-38H2,1-13H3/t41-,42-,43-,47?,49-,50-,53+,56-,57-,58+,59+/m0/s1. The van der Waals surface area contributed by atoms with E-state index in [-0.39, 0.29) is 115 Å². The van der Waals surface area contributed by atoms with Gasteiger partial charge in [-0.25, -0.2) is 4.79 Å². The number of aliphatic hydroxyl groups excluding tert-OH is 1. The molecule has 0 bridgehead atoms. The molecule has 2 aromatic rings. The zero-order valence-electron chi connectivity index (χ0n) is 49.7. The van der Waals surface area contributed by atoms with E-state index in [1.807, 2.05) is 104 Å². The lowest BCUT2D eigenvalue weighted by atomic mass is 9.83. The van der Waals surface area contributed by atoms with Gasteiger partial charge in [-0.05, 0) is 72.3 Å². The maximum Gasteiger partial charge on any atom is 0.410 e. The quantitative estimate of drug-likeness (QED) is 0.0515. The minimum Gasteiger partial charge on any atom is -0.445 e. The highest BCUT2D eigenvalue weighted by Crippen LogP contribution is 2.33. The van der Waals surface area contributed by atoms with Crippen LogP contribution in [0.3, 0.4) is 0 Å². The zero-order valence-corrected chi connectivity index (χ0v) is 50.5. The van der Waals surface area contributed by atoms with E-state index in [2.05, 4.69) is 0 Å². The number of benzene rings is 2. The third kappa shape index (κ3) is 18.5. The van der Waals surface area contributed by atoms with Crippen molar-refractivity contribution in [2.24, 2.45) is 41.4 Å². The molecule has 2 fully saturated rings. The molecule has 2 aromatic carbocycles. The van der Waals surface area contributed by atoms with Crippen molar-refractivity contribution in [1.29, 1.82) is 0 Å². The minimum absolute atomic E-state index is 0.0210. The van der Waals surface area contributed by atoms with E-state index in [9.17, 15) is 43.5 Å². The molecule has 0 aromatic heterocycles. The second kappa shape index (κ2) is 32.5. The van der Waals surface area contributed by atoms with Crippen molar-refractivity contribution in [3.63, 3.8) is 0 Å². The highest BCUT2D eigenvalue weighted by molar-refractivity contribution is 7.98. The van der Waals surface area contributed by atoms with Crippen molar-refractivity contribution in [2.45, 2.75) is 175 Å². The molecule has 2 saturated heterocycles. The van der Waals surface area contributed by atoms with Crippen molar-refractivity contribution < 1.29 is 57.7 Å². The summed E-state index contributed by atoms with van der Waals surface area (Å²) in [5.74, 6) is -2.72. The van der Waals surface area contributed by atoms with Gasteiger partial charge in [-0.3, -0.25) is 38.5 Å². The summed E-state index contributed by atoms with van der Waals surface area (Å²) in [5.41, 5.74) is 2.28. The molecule has 5 amide bonds. The number of aliphatic hydroxyl groups is 1. The summed E-state index contributed by atoms with van der Waals surface area (Å²) >= 11 is 1.56. The van der Waals surface area contributed by atoms with Gasteiger partial charge in [0, 0.05) is 91.1 Å². The van der Waals surface area contributed by atoms with Crippen molar-refractivity contribution in [3.05, 3.63) is 71.3 Å². The number of ether oxygens (including phenoxy) is 3. The molecule has 17 heteroatoms. The number of hydrogen-bond acceptors (Lipinski definition) is 13. The van der Waals surface area contributed by atoms with Gasteiger partial charge in [0.15, 0.2) is 5.78 Å². The summed E-state index contributed by atoms with van der Waals surface area (Å²) in [4.78, 5) is 115. The topological polar surface area (TPSA) is 197 Å². The molecule has 11 atom stereocenters. The Balaban J connectivity index is 1.33. The Labute approximate surface area is 475 Å². The SMILES string of the molecule is CC[C@H](C)[C@@H]([C@@H](CC(=O)N1CCC[C@H]1[C@H](OC)[C@@H](C)C(=O)C[C@H](C)[C@@H](O)c1ccccc1)OC)N(C)C(=O)[C@@H](CC(=O)[C@H](C(C)C)N(C)C(=O)OCc1ccc(CC(=O)CCCCCN2C(=O)CC(CSC)C2=O)cc1)C(C)C. The van der Waals surface area contributed by atoms with Crippen LogP contribution in [0.4, 0.5) is 4.79 Å². The molecule has 4 rings (SSSR count). The molecule has 16 nitrogen and oxygen atoms in total. The molecule has 1 unspecified atom stereocenters. The molecule has 79 heavy (non-hydrogen) atoms. The van der Waals surface area contributed by atoms with E-state index in [0.717, 1.165) is 24.0 Å². The average molecular weight is 1120 g/mol. The van der Waals surface area contributed by atoms with E-state index in [1.54, 1.807) is 55.0 Å². The van der Waals surface area contributed by atoms with Crippen LogP contribution in [0.15, 0.2) is 54.6 Å². The lowest BCUT2D eigenvalue weighted by Gasteiger charge is -2.41. The normalized spacial score (nSPS) is 19.1. The molecule has 2 aliphatic rings. The Bertz CT molecular complexity index is 2310. The Morgan fingerprint density at radius 1 is 0.785 bits per heavy atom. The van der Waals surface area contributed by atoms with Crippen molar-refractivity contribution >= 4 is 58.8 Å². The van der Waals surface area contributed by atoms with E-state index in [1.165, 1.54) is 16.8 Å². The van der Waals surface area contributed by atoms with Crippen LogP contribution in [0.25, 0.3) is 0 Å². The van der Waals surface area contributed by atoms with Crippen LogP contribution in [-0.4, -0.2) is 156 Å². The fraction of sp³-hybridized carbons (Fsp3) is 0.677. The molecule has 0 saturated carbocycles. The number of likely N-dealkylation sites (N-methyl/N-ethyl adjacent to an activating group) is 2. The monoisotopic (exact) mass is 1120 g/mol. The molecule has 2 heterocycles. The minimum atomic E-state index is -0.885. The number of carbonyl (C=O) groups excluding carboxylic acids is 8. The average Bonchev–Trinajstić information content (AvgIpc) is 4.02. The Morgan fingerprint density at radius 2 is 1.44 bits per heavy atom. The van der Waals surface area contributed by atoms with Gasteiger partial charge in [-0.15, -0.1) is 0 Å². The number of likely N-dealkylation sites (tertiary alicyclic amines) is 2. The van der Waals surface area contributed by atoms with Crippen LogP contribution in [0, 0.1) is 41.4 Å². The summed E-state index contributed by atoms with van der Waals surface area (Å²) in [6.45, 7) is 16.0. The zero-order chi connectivity index (χ0) is 58.7. The smallest absolute Gasteiger partial charge is 0.410 e. The third-order valence-corrected chi connectivity index (χ3v) is 17.3. The van der Waals surface area contributed by atoms with Gasteiger partial charge in [0.05, 0.1) is 48.8 Å². The van der Waals surface area contributed by atoms with Gasteiger partial charge in [0.2, 0.25) is 23.6 Å². The molecule has 440 valence electrons. The first kappa shape index (κ1) is 66.5. The van der Waals surface area contributed by atoms with Gasteiger partial charge in [0.25, 0.3) is 0 Å². The second-order valence-corrected chi connectivity index (χ2v) is 24.0. The molecular formula is C62H94N4O12S. The second-order valence-electron chi connectivity index (χ2n) is 23.1. The summed E-state index contributed by atoms with van der Waals surface area (Å²) in [7, 11) is 6.35. The lowest BCUT2D eigenvalue weighted by molar-refractivity contribution is -0.149. The van der Waals surface area contributed by atoms with Crippen molar-refractivity contribution in [1.82, 2.24) is 19.6 Å². The molecule has 0 spiro atoms. The summed E-state index contributed by atoms with van der Waals surface area (Å²) < 4.78 is 17.8. The number of amides is 5. The van der Waals surface area contributed by atoms with Gasteiger partial charge in [-0.1, -0.05) is 123 Å². The first-order valence-corrected chi connectivity index (χ1v) is 30.1. The summed E-state index contributed by atoms with van der Waals surface area (Å²) in [6.07, 6.45) is 4.24. The molecular weight excluding hydrogens is 1020 g/mol. The van der Waals surface area contributed by atoms with Crippen LogP contribution < -0.4 is 0 Å². The maximum absolute atomic E-state index is 14.8. The van der Waals surface area contributed by atoms with Gasteiger partial charge in [0.1, 0.15) is 18.2 Å². The fourth-order valence-corrected chi connectivity index (χ4v) is 12.4. The first-order chi connectivity index (χ1) is 37.5. The van der Waals surface area contributed by atoms with E-state index < -0.39 is 48.3 Å². The number of rotatable bonds is 34. The van der Waals surface area contributed by atoms with Crippen LogP contribution >= 0.6 is 11.8 Å². The van der Waals surface area contributed by atoms with Gasteiger partial charge >= 0.3 is 6.09 Å². The highest BCUT2D eigenvalue weighted by atomic mass is 32.2. The number of hydrogen-bond donors (Lipinski definition) is 1. The molecule has 0 aliphatic carbocycles. The van der Waals surface area contributed by atoms with E-state index in [4.69, 9.17) is 14.2 Å². The van der Waals surface area contributed by atoms with Crippen LogP contribution in [0.2, 0.25) is 0 Å². The number of Topliss-reactive ketones (excluding diaryl/α,β-unsaturated/α-hetero) is 3.